The summed E-state index contributed by atoms with van der Waals surface area (Å²) in [7, 11) is 0. The predicted molar refractivity (Wildman–Crippen MR) is 90.0 cm³/mol. The first-order valence-corrected chi connectivity index (χ1v) is 8.81. The van der Waals surface area contributed by atoms with E-state index >= 15 is 0 Å². The van der Waals surface area contributed by atoms with Crippen LogP contribution in [0.25, 0.3) is 0 Å². The number of dihydropyridines is 1. The SMILES string of the molecule is CC[C@H]1OC(=O)C2=C1NC1=C(C(=O)COC1)[C@H]2c1ccc(F)c(Br)c1. The average molecular weight is 408 g/mol. The molecule has 25 heavy (non-hydrogen) atoms. The van der Waals surface area contributed by atoms with Gasteiger partial charge in [0.2, 0.25) is 0 Å². The first-order chi connectivity index (χ1) is 12.0. The fraction of sp³-hybridized carbons (Fsp3) is 0.333. The average Bonchev–Trinajstić information content (AvgIpc) is 2.92. The Balaban J connectivity index is 1.92. The lowest BCUT2D eigenvalue weighted by molar-refractivity contribution is -0.140. The van der Waals surface area contributed by atoms with Crippen LogP contribution in [0.2, 0.25) is 0 Å². The van der Waals surface area contributed by atoms with Gasteiger partial charge in [-0.3, -0.25) is 4.79 Å². The Bertz CT molecular complexity index is 861. The third kappa shape index (κ3) is 2.53. The maximum atomic E-state index is 13.7. The quantitative estimate of drug-likeness (QED) is 0.763. The van der Waals surface area contributed by atoms with Crippen molar-refractivity contribution >= 4 is 27.7 Å². The molecule has 1 aromatic carbocycles. The highest BCUT2D eigenvalue weighted by atomic mass is 79.9. The Hall–Kier alpha value is -1.99. The van der Waals surface area contributed by atoms with Crippen LogP contribution in [-0.2, 0) is 19.1 Å². The number of carbonyl (C=O) groups is 2. The van der Waals surface area contributed by atoms with E-state index in [9.17, 15) is 14.0 Å². The van der Waals surface area contributed by atoms with Crippen molar-refractivity contribution in [1.82, 2.24) is 5.32 Å². The van der Waals surface area contributed by atoms with Gasteiger partial charge in [-0.15, -0.1) is 0 Å². The molecule has 0 aliphatic carbocycles. The van der Waals surface area contributed by atoms with Crippen LogP contribution >= 0.6 is 15.9 Å². The summed E-state index contributed by atoms with van der Waals surface area (Å²) >= 11 is 3.18. The number of nitrogens with one attached hydrogen (secondary N) is 1. The summed E-state index contributed by atoms with van der Waals surface area (Å²) in [5.41, 5.74) is 2.92. The van der Waals surface area contributed by atoms with Gasteiger partial charge in [-0.25, -0.2) is 9.18 Å². The van der Waals surface area contributed by atoms with Gasteiger partial charge in [-0.1, -0.05) is 13.0 Å². The number of rotatable bonds is 2. The lowest BCUT2D eigenvalue weighted by Crippen LogP contribution is -2.38. The number of benzene rings is 1. The van der Waals surface area contributed by atoms with Crippen LogP contribution < -0.4 is 5.32 Å². The fourth-order valence-corrected chi connectivity index (χ4v) is 3.98. The molecule has 0 unspecified atom stereocenters. The predicted octanol–water partition coefficient (Wildman–Crippen LogP) is 2.72. The van der Waals surface area contributed by atoms with E-state index < -0.39 is 17.7 Å². The molecule has 0 saturated heterocycles. The maximum Gasteiger partial charge on any atom is 0.337 e. The lowest BCUT2D eigenvalue weighted by atomic mass is 9.78. The van der Waals surface area contributed by atoms with Crippen molar-refractivity contribution in [3.05, 3.63) is 56.6 Å². The molecule has 4 rings (SSSR count). The number of ketones is 1. The Labute approximate surface area is 152 Å². The molecule has 1 N–H and O–H groups in total. The van der Waals surface area contributed by atoms with Crippen molar-refractivity contribution < 1.29 is 23.5 Å². The summed E-state index contributed by atoms with van der Waals surface area (Å²) in [5.74, 6) is -1.60. The van der Waals surface area contributed by atoms with Crippen molar-refractivity contribution in [3.63, 3.8) is 0 Å². The van der Waals surface area contributed by atoms with Gasteiger partial charge < -0.3 is 14.8 Å². The molecule has 0 amide bonds. The van der Waals surface area contributed by atoms with Crippen LogP contribution in [0.5, 0.6) is 0 Å². The highest BCUT2D eigenvalue weighted by Crippen LogP contribution is 2.44. The van der Waals surface area contributed by atoms with Gasteiger partial charge in [0.1, 0.15) is 18.5 Å². The molecule has 0 fully saturated rings. The summed E-state index contributed by atoms with van der Waals surface area (Å²) in [5, 5.41) is 3.19. The normalized spacial score (nSPS) is 25.6. The Morgan fingerprint density at radius 1 is 1.28 bits per heavy atom. The van der Waals surface area contributed by atoms with E-state index in [1.165, 1.54) is 6.07 Å². The van der Waals surface area contributed by atoms with Crippen molar-refractivity contribution in [2.75, 3.05) is 13.2 Å². The number of cyclic esters (lactones) is 1. The summed E-state index contributed by atoms with van der Waals surface area (Å²) in [4.78, 5) is 25.1. The molecule has 3 aliphatic rings. The fourth-order valence-electron chi connectivity index (χ4n) is 3.58. The van der Waals surface area contributed by atoms with Crippen LogP contribution in [0.15, 0.2) is 45.2 Å². The van der Waals surface area contributed by atoms with Gasteiger partial charge in [0.05, 0.1) is 22.3 Å². The van der Waals surface area contributed by atoms with Gasteiger partial charge in [0, 0.05) is 17.2 Å². The molecule has 7 heteroatoms. The molecular weight excluding hydrogens is 393 g/mol. The number of halogens is 2. The van der Waals surface area contributed by atoms with Gasteiger partial charge >= 0.3 is 5.97 Å². The van der Waals surface area contributed by atoms with Gasteiger partial charge in [0.25, 0.3) is 0 Å². The third-order valence-electron chi connectivity index (χ3n) is 4.70. The minimum Gasteiger partial charge on any atom is -0.452 e. The zero-order chi connectivity index (χ0) is 17.7. The standard InChI is InChI=1S/C18H15BrFNO4/c1-2-13-17-16(18(23)25-13)14(8-3-4-10(20)9(19)5-8)15-11(21-17)6-24-7-12(15)22/h3-5,13-14,21H,2,6-7H2,1H3/t13-,14-/m1/s1. The molecule has 3 aliphatic heterocycles. The van der Waals surface area contributed by atoms with E-state index in [0.29, 0.717) is 34.5 Å². The van der Waals surface area contributed by atoms with Crippen LogP contribution in [0, 0.1) is 5.82 Å². The van der Waals surface area contributed by atoms with E-state index in [-0.39, 0.29) is 29.6 Å². The van der Waals surface area contributed by atoms with E-state index in [2.05, 4.69) is 21.2 Å². The second kappa shape index (κ2) is 6.07. The van der Waals surface area contributed by atoms with E-state index in [0.717, 1.165) is 0 Å². The molecule has 1 aromatic rings. The number of esters is 1. The van der Waals surface area contributed by atoms with E-state index in [4.69, 9.17) is 9.47 Å². The second-order valence-corrected chi connectivity index (χ2v) is 7.02. The first kappa shape index (κ1) is 16.5. The summed E-state index contributed by atoms with van der Waals surface area (Å²) in [6.45, 7) is 2.15. The van der Waals surface area contributed by atoms with Crippen molar-refractivity contribution in [1.29, 1.82) is 0 Å². The minimum absolute atomic E-state index is 0.0335. The lowest BCUT2D eigenvalue weighted by Gasteiger charge is -2.32. The summed E-state index contributed by atoms with van der Waals surface area (Å²) in [6.07, 6.45) is 0.245. The summed E-state index contributed by atoms with van der Waals surface area (Å²) < 4.78 is 24.8. The summed E-state index contributed by atoms with van der Waals surface area (Å²) in [6, 6.07) is 4.53. The molecule has 0 spiro atoms. The molecule has 5 nitrogen and oxygen atoms in total. The zero-order valence-electron chi connectivity index (χ0n) is 13.4. The topological polar surface area (TPSA) is 64.6 Å². The largest absolute Gasteiger partial charge is 0.452 e. The van der Waals surface area contributed by atoms with Gasteiger partial charge in [-0.05, 0) is 40.0 Å². The van der Waals surface area contributed by atoms with Crippen LogP contribution in [0.4, 0.5) is 4.39 Å². The highest BCUT2D eigenvalue weighted by Gasteiger charge is 2.46. The molecule has 0 radical (unpaired) electrons. The highest BCUT2D eigenvalue weighted by molar-refractivity contribution is 9.10. The van der Waals surface area contributed by atoms with Crippen molar-refractivity contribution in [2.24, 2.45) is 0 Å². The third-order valence-corrected chi connectivity index (χ3v) is 5.30. The second-order valence-electron chi connectivity index (χ2n) is 6.17. The molecule has 2 atom stereocenters. The molecular formula is C18H15BrFNO4. The number of carbonyl (C=O) groups excluding carboxylic acids is 2. The number of Topliss-reactive ketones (excluding diaryl/α,β-unsaturated/α-hetero) is 1. The number of hydrogen-bond acceptors (Lipinski definition) is 5. The van der Waals surface area contributed by atoms with Crippen LogP contribution in [0.3, 0.4) is 0 Å². The van der Waals surface area contributed by atoms with Crippen LogP contribution in [-0.4, -0.2) is 31.1 Å². The first-order valence-electron chi connectivity index (χ1n) is 8.02. The monoisotopic (exact) mass is 407 g/mol. The Morgan fingerprint density at radius 2 is 2.08 bits per heavy atom. The van der Waals surface area contributed by atoms with Crippen molar-refractivity contribution in [3.8, 4) is 0 Å². The van der Waals surface area contributed by atoms with Gasteiger partial charge in [-0.2, -0.15) is 0 Å². The molecule has 0 bridgehead atoms. The smallest absolute Gasteiger partial charge is 0.337 e. The number of ether oxygens (including phenoxy) is 2. The molecule has 3 heterocycles. The zero-order valence-corrected chi connectivity index (χ0v) is 15.0. The van der Waals surface area contributed by atoms with Gasteiger partial charge in [0.15, 0.2) is 5.78 Å². The molecule has 0 aromatic heterocycles. The van der Waals surface area contributed by atoms with E-state index in [1.54, 1.807) is 12.1 Å². The minimum atomic E-state index is -0.580. The maximum absolute atomic E-state index is 13.7. The van der Waals surface area contributed by atoms with E-state index in [1.807, 2.05) is 6.92 Å². The molecule has 130 valence electrons. The Kier molecular flexibility index (Phi) is 4.00. The molecule has 0 saturated carbocycles. The van der Waals surface area contributed by atoms with Crippen LogP contribution in [0.1, 0.15) is 24.8 Å². The Morgan fingerprint density at radius 3 is 2.80 bits per heavy atom. The van der Waals surface area contributed by atoms with Crippen molar-refractivity contribution in [2.45, 2.75) is 25.4 Å². The number of hydrogen-bond donors (Lipinski definition) is 1.